The first-order valence-corrected chi connectivity index (χ1v) is 3.00. The van der Waals surface area contributed by atoms with E-state index in [0.29, 0.717) is 0 Å². The summed E-state index contributed by atoms with van der Waals surface area (Å²) >= 11 is 0. The number of rotatable bonds is 4. The summed E-state index contributed by atoms with van der Waals surface area (Å²) in [6.07, 6.45) is 0.911. The number of carbonyl (C=O) groups is 1. The molecule has 0 spiro atoms. The Morgan fingerprint density at radius 3 is 2.67 bits per heavy atom. The van der Waals surface area contributed by atoms with E-state index in [0.717, 1.165) is 6.42 Å². The number of carboxylic acids is 1. The summed E-state index contributed by atoms with van der Waals surface area (Å²) in [6, 6.07) is 0. The van der Waals surface area contributed by atoms with Crippen LogP contribution in [0.2, 0.25) is 0 Å². The Kier molecular flexibility index (Phi) is 4.05. The van der Waals surface area contributed by atoms with Crippen LogP contribution in [-0.2, 0) is 9.53 Å². The molecule has 0 aliphatic rings. The standard InChI is InChI=1S/C6H12O3/c1-3-5(2)9-4-6(7)8/h5H,3-4H2,1-2H3,(H,7,8). The SMILES string of the molecule is CCC(C)OCC(=O)O. The highest BCUT2D eigenvalue weighted by Crippen LogP contribution is 1.93. The van der Waals surface area contributed by atoms with Gasteiger partial charge in [0.25, 0.3) is 0 Å². The fourth-order valence-corrected chi connectivity index (χ4v) is 0.331. The molecule has 0 aromatic rings. The molecule has 0 radical (unpaired) electrons. The highest BCUT2D eigenvalue weighted by molar-refractivity contribution is 5.68. The lowest BCUT2D eigenvalue weighted by Crippen LogP contribution is -2.13. The Morgan fingerprint density at radius 2 is 2.33 bits per heavy atom. The van der Waals surface area contributed by atoms with Crippen LogP contribution in [0.4, 0.5) is 0 Å². The molecule has 1 N–H and O–H groups in total. The minimum atomic E-state index is -0.907. The minimum absolute atomic E-state index is 0.0566. The first kappa shape index (κ1) is 8.43. The summed E-state index contributed by atoms with van der Waals surface area (Å²) in [5, 5.41) is 8.13. The van der Waals surface area contributed by atoms with Gasteiger partial charge in [-0.1, -0.05) is 6.92 Å². The molecule has 0 aliphatic carbocycles. The van der Waals surface area contributed by atoms with E-state index in [9.17, 15) is 4.79 Å². The second kappa shape index (κ2) is 4.32. The monoisotopic (exact) mass is 132 g/mol. The molecule has 0 saturated heterocycles. The highest BCUT2D eigenvalue weighted by Gasteiger charge is 2.00. The molecular formula is C6H12O3. The zero-order chi connectivity index (χ0) is 7.28. The summed E-state index contributed by atoms with van der Waals surface area (Å²) < 4.78 is 4.85. The van der Waals surface area contributed by atoms with Gasteiger partial charge in [0.2, 0.25) is 0 Å². The van der Waals surface area contributed by atoms with Crippen molar-refractivity contribution >= 4 is 5.97 Å². The lowest BCUT2D eigenvalue weighted by atomic mass is 10.3. The molecule has 0 bridgehead atoms. The van der Waals surface area contributed by atoms with Crippen molar-refractivity contribution < 1.29 is 14.6 Å². The molecule has 0 amide bonds. The molecule has 3 nitrogen and oxygen atoms in total. The van der Waals surface area contributed by atoms with Crippen LogP contribution in [-0.4, -0.2) is 23.8 Å². The Balaban J connectivity index is 3.16. The predicted octanol–water partition coefficient (Wildman–Crippen LogP) is 0.886. The van der Waals surface area contributed by atoms with E-state index in [2.05, 4.69) is 0 Å². The van der Waals surface area contributed by atoms with Crippen molar-refractivity contribution in [3.05, 3.63) is 0 Å². The summed E-state index contributed by atoms with van der Waals surface area (Å²) in [5.74, 6) is -0.907. The number of hydrogen-bond donors (Lipinski definition) is 1. The average molecular weight is 132 g/mol. The van der Waals surface area contributed by atoms with Crippen LogP contribution >= 0.6 is 0 Å². The van der Waals surface area contributed by atoms with Crippen molar-refractivity contribution in [3.63, 3.8) is 0 Å². The van der Waals surface area contributed by atoms with Gasteiger partial charge in [-0.25, -0.2) is 4.79 Å². The van der Waals surface area contributed by atoms with Gasteiger partial charge < -0.3 is 9.84 Å². The van der Waals surface area contributed by atoms with E-state index in [1.807, 2.05) is 13.8 Å². The van der Waals surface area contributed by atoms with Gasteiger partial charge in [-0.3, -0.25) is 0 Å². The lowest BCUT2D eigenvalue weighted by molar-refractivity contribution is -0.144. The molecule has 1 atom stereocenters. The molecule has 0 heterocycles. The second-order valence-electron chi connectivity index (χ2n) is 1.92. The van der Waals surface area contributed by atoms with Gasteiger partial charge in [0, 0.05) is 0 Å². The second-order valence-corrected chi connectivity index (χ2v) is 1.92. The molecule has 54 valence electrons. The summed E-state index contributed by atoms with van der Waals surface area (Å²) in [7, 11) is 0. The molecule has 0 aliphatic heterocycles. The van der Waals surface area contributed by atoms with Crippen LogP contribution in [0.5, 0.6) is 0 Å². The van der Waals surface area contributed by atoms with Crippen LogP contribution in [0, 0.1) is 0 Å². The number of carboxylic acid groups (broad SMARTS) is 1. The quantitative estimate of drug-likeness (QED) is 0.617. The van der Waals surface area contributed by atoms with Crippen LogP contribution in [0.15, 0.2) is 0 Å². The van der Waals surface area contributed by atoms with E-state index in [1.165, 1.54) is 0 Å². The van der Waals surface area contributed by atoms with Crippen LogP contribution in [0.3, 0.4) is 0 Å². The Morgan fingerprint density at radius 1 is 1.78 bits per heavy atom. The maximum atomic E-state index is 9.89. The Hall–Kier alpha value is -0.570. The summed E-state index contributed by atoms with van der Waals surface area (Å²) in [6.45, 7) is 3.62. The van der Waals surface area contributed by atoms with E-state index in [1.54, 1.807) is 0 Å². The molecule has 1 unspecified atom stereocenters. The molecule has 9 heavy (non-hydrogen) atoms. The average Bonchev–Trinajstić information content (AvgIpc) is 1.83. The number of ether oxygens (including phenoxy) is 1. The van der Waals surface area contributed by atoms with Gasteiger partial charge in [-0.2, -0.15) is 0 Å². The van der Waals surface area contributed by atoms with Crippen molar-refractivity contribution in [3.8, 4) is 0 Å². The Bertz CT molecular complexity index is 90.3. The fourth-order valence-electron chi connectivity index (χ4n) is 0.331. The van der Waals surface area contributed by atoms with Gasteiger partial charge in [0.15, 0.2) is 0 Å². The first-order chi connectivity index (χ1) is 4.16. The smallest absolute Gasteiger partial charge is 0.329 e. The van der Waals surface area contributed by atoms with Gasteiger partial charge in [0.1, 0.15) is 6.61 Å². The van der Waals surface area contributed by atoms with Crippen molar-refractivity contribution in [1.82, 2.24) is 0 Å². The van der Waals surface area contributed by atoms with Crippen molar-refractivity contribution in [1.29, 1.82) is 0 Å². The van der Waals surface area contributed by atoms with Gasteiger partial charge in [0.05, 0.1) is 6.10 Å². The van der Waals surface area contributed by atoms with Crippen LogP contribution < -0.4 is 0 Å². The van der Waals surface area contributed by atoms with E-state index >= 15 is 0 Å². The zero-order valence-electron chi connectivity index (χ0n) is 5.76. The van der Waals surface area contributed by atoms with Gasteiger partial charge >= 0.3 is 5.97 Å². The molecule has 0 rings (SSSR count). The third-order valence-electron chi connectivity index (χ3n) is 1.07. The summed E-state index contributed by atoms with van der Waals surface area (Å²) in [5.41, 5.74) is 0. The van der Waals surface area contributed by atoms with Crippen molar-refractivity contribution in [2.75, 3.05) is 6.61 Å². The first-order valence-electron chi connectivity index (χ1n) is 3.00. The van der Waals surface area contributed by atoms with Gasteiger partial charge in [-0.05, 0) is 13.3 Å². The maximum absolute atomic E-state index is 9.89. The molecule has 3 heteroatoms. The number of aliphatic carboxylic acids is 1. The third kappa shape index (κ3) is 5.30. The van der Waals surface area contributed by atoms with Crippen molar-refractivity contribution in [2.24, 2.45) is 0 Å². The summed E-state index contributed by atoms with van der Waals surface area (Å²) in [4.78, 5) is 9.89. The fraction of sp³-hybridized carbons (Fsp3) is 0.833. The van der Waals surface area contributed by atoms with E-state index in [-0.39, 0.29) is 12.7 Å². The predicted molar refractivity (Wildman–Crippen MR) is 33.3 cm³/mol. The topological polar surface area (TPSA) is 46.5 Å². The van der Waals surface area contributed by atoms with E-state index < -0.39 is 5.97 Å². The maximum Gasteiger partial charge on any atom is 0.329 e. The number of hydrogen-bond acceptors (Lipinski definition) is 2. The lowest BCUT2D eigenvalue weighted by Gasteiger charge is -2.06. The zero-order valence-corrected chi connectivity index (χ0v) is 5.76. The molecule has 0 aromatic heterocycles. The Labute approximate surface area is 54.6 Å². The van der Waals surface area contributed by atoms with Crippen LogP contribution in [0.1, 0.15) is 20.3 Å². The molecule has 0 aromatic carbocycles. The highest BCUT2D eigenvalue weighted by atomic mass is 16.5. The van der Waals surface area contributed by atoms with Gasteiger partial charge in [-0.15, -0.1) is 0 Å². The molecule has 0 saturated carbocycles. The largest absolute Gasteiger partial charge is 0.480 e. The normalized spacial score (nSPS) is 13.1. The molecule has 0 fully saturated rings. The minimum Gasteiger partial charge on any atom is -0.480 e. The van der Waals surface area contributed by atoms with Crippen LogP contribution in [0.25, 0.3) is 0 Å². The van der Waals surface area contributed by atoms with Crippen molar-refractivity contribution in [2.45, 2.75) is 26.4 Å². The molecular weight excluding hydrogens is 120 g/mol. The third-order valence-corrected chi connectivity index (χ3v) is 1.07. The van der Waals surface area contributed by atoms with E-state index in [4.69, 9.17) is 9.84 Å².